The summed E-state index contributed by atoms with van der Waals surface area (Å²) in [4.78, 5) is 11.6. The molecule has 1 aliphatic heterocycles. The van der Waals surface area contributed by atoms with E-state index in [4.69, 9.17) is 9.47 Å². The van der Waals surface area contributed by atoms with Crippen LogP contribution in [0, 0.1) is 0 Å². The van der Waals surface area contributed by atoms with Gasteiger partial charge in [-0.15, -0.1) is 0 Å². The first-order valence-corrected chi connectivity index (χ1v) is 13.7. The number of hydrogen-bond acceptors (Lipinski definition) is 7. The number of ether oxygens (including phenoxy) is 2. The second kappa shape index (κ2) is 10.5. The summed E-state index contributed by atoms with van der Waals surface area (Å²) in [7, 11) is -7.89. The second-order valence-electron chi connectivity index (χ2n) is 7.41. The number of carbonyl (C=O) groups is 1. The van der Waals surface area contributed by atoms with Crippen LogP contribution in [-0.2, 0) is 24.8 Å². The number of benzene rings is 2. The Balaban J connectivity index is 1.90. The molecule has 0 radical (unpaired) electrons. The minimum absolute atomic E-state index is 0.0788. The van der Waals surface area contributed by atoms with Crippen molar-refractivity contribution in [3.63, 3.8) is 0 Å². The zero-order chi connectivity index (χ0) is 24.1. The van der Waals surface area contributed by atoms with Crippen LogP contribution in [0.4, 0.5) is 5.69 Å². The molecule has 0 bridgehead atoms. The van der Waals surface area contributed by atoms with Crippen LogP contribution in [-0.4, -0.2) is 53.4 Å². The third-order valence-corrected chi connectivity index (χ3v) is 8.42. The van der Waals surface area contributed by atoms with Crippen LogP contribution in [0.25, 0.3) is 0 Å². The molecule has 0 aliphatic carbocycles. The topological polar surface area (TPSA) is 119 Å². The summed E-state index contributed by atoms with van der Waals surface area (Å²) in [5.41, 5.74) is 0.315. The molecule has 1 aliphatic rings. The van der Waals surface area contributed by atoms with Gasteiger partial charge in [0, 0.05) is 13.1 Å². The van der Waals surface area contributed by atoms with Gasteiger partial charge in [-0.2, -0.15) is 4.31 Å². The molecule has 0 saturated carbocycles. The van der Waals surface area contributed by atoms with Gasteiger partial charge in [0.05, 0.1) is 29.4 Å². The smallest absolute Gasteiger partial charge is 0.338 e. The number of sulfonamides is 2. The molecule has 2 aromatic carbocycles. The predicted octanol–water partition coefficient (Wildman–Crippen LogP) is 3.24. The molecule has 1 fully saturated rings. The summed E-state index contributed by atoms with van der Waals surface area (Å²) in [6, 6.07) is 9.46. The highest BCUT2D eigenvalue weighted by molar-refractivity contribution is 7.92. The quantitative estimate of drug-likeness (QED) is 0.529. The van der Waals surface area contributed by atoms with E-state index in [1.165, 1.54) is 46.8 Å². The molecular formula is C22H28N2O7S2. The van der Waals surface area contributed by atoms with Gasteiger partial charge < -0.3 is 9.47 Å². The number of anilines is 1. The van der Waals surface area contributed by atoms with Gasteiger partial charge >= 0.3 is 5.97 Å². The highest BCUT2D eigenvalue weighted by atomic mass is 32.2. The van der Waals surface area contributed by atoms with E-state index < -0.39 is 26.0 Å². The lowest BCUT2D eigenvalue weighted by atomic mass is 10.2. The highest BCUT2D eigenvalue weighted by Crippen LogP contribution is 2.32. The van der Waals surface area contributed by atoms with Crippen LogP contribution in [0.15, 0.2) is 52.3 Å². The number of rotatable bonds is 9. The summed E-state index contributed by atoms with van der Waals surface area (Å²) < 4.78 is 66.5. The molecule has 0 unspecified atom stereocenters. The largest absolute Gasteiger partial charge is 0.492 e. The Kier molecular flexibility index (Phi) is 7.98. The van der Waals surface area contributed by atoms with Crippen molar-refractivity contribution >= 4 is 31.7 Å². The van der Waals surface area contributed by atoms with Gasteiger partial charge in [0.2, 0.25) is 10.0 Å². The van der Waals surface area contributed by atoms with E-state index in [1.54, 1.807) is 13.8 Å². The molecule has 0 atom stereocenters. The summed E-state index contributed by atoms with van der Waals surface area (Å²) >= 11 is 0. The van der Waals surface area contributed by atoms with Crippen molar-refractivity contribution in [3.05, 3.63) is 48.0 Å². The Hall–Kier alpha value is -2.63. The van der Waals surface area contributed by atoms with Crippen molar-refractivity contribution in [1.82, 2.24) is 4.31 Å². The monoisotopic (exact) mass is 496 g/mol. The van der Waals surface area contributed by atoms with E-state index >= 15 is 0 Å². The van der Waals surface area contributed by atoms with Crippen molar-refractivity contribution in [3.8, 4) is 5.75 Å². The first-order valence-electron chi connectivity index (χ1n) is 10.8. The van der Waals surface area contributed by atoms with E-state index in [-0.39, 0.29) is 40.0 Å². The van der Waals surface area contributed by atoms with Crippen molar-refractivity contribution in [2.24, 2.45) is 0 Å². The molecule has 1 saturated heterocycles. The predicted molar refractivity (Wildman–Crippen MR) is 123 cm³/mol. The van der Waals surface area contributed by atoms with Crippen molar-refractivity contribution in [2.45, 2.75) is 42.9 Å². The Labute approximate surface area is 194 Å². The SMILES string of the molecule is CCOC(=O)c1ccc(S(=O)(=O)Nc2ccc(OCC)c(S(=O)(=O)N3CCCCC3)c2)cc1. The maximum absolute atomic E-state index is 13.3. The Morgan fingerprint density at radius 2 is 1.61 bits per heavy atom. The first-order chi connectivity index (χ1) is 15.7. The van der Waals surface area contributed by atoms with Crippen LogP contribution in [0.5, 0.6) is 5.75 Å². The summed E-state index contributed by atoms with van der Waals surface area (Å²) in [6.45, 7) is 4.72. The molecule has 0 amide bonds. The zero-order valence-corrected chi connectivity index (χ0v) is 20.2. The molecule has 9 nitrogen and oxygen atoms in total. The molecule has 3 rings (SSSR count). The third-order valence-electron chi connectivity index (χ3n) is 5.10. The number of carbonyl (C=O) groups excluding carboxylic acids is 1. The number of esters is 1. The molecule has 11 heteroatoms. The minimum Gasteiger partial charge on any atom is -0.492 e. The normalized spacial score (nSPS) is 15.1. The molecule has 1 heterocycles. The van der Waals surface area contributed by atoms with Gasteiger partial charge in [0.15, 0.2) is 0 Å². The van der Waals surface area contributed by atoms with Crippen molar-refractivity contribution in [1.29, 1.82) is 0 Å². The van der Waals surface area contributed by atoms with Crippen LogP contribution >= 0.6 is 0 Å². The number of nitrogens with one attached hydrogen (secondary N) is 1. The summed E-state index contributed by atoms with van der Waals surface area (Å²) in [5.74, 6) is -0.377. The molecule has 180 valence electrons. The Morgan fingerprint density at radius 1 is 0.939 bits per heavy atom. The van der Waals surface area contributed by atoms with E-state index in [0.29, 0.717) is 13.1 Å². The van der Waals surface area contributed by atoms with E-state index in [0.717, 1.165) is 19.3 Å². The van der Waals surface area contributed by atoms with Gasteiger partial charge in [-0.05, 0) is 69.2 Å². The third kappa shape index (κ3) is 5.84. The van der Waals surface area contributed by atoms with Gasteiger partial charge in [-0.25, -0.2) is 21.6 Å². The van der Waals surface area contributed by atoms with Crippen LogP contribution in [0.2, 0.25) is 0 Å². The van der Waals surface area contributed by atoms with Gasteiger partial charge in [0.25, 0.3) is 10.0 Å². The van der Waals surface area contributed by atoms with Crippen LogP contribution in [0.1, 0.15) is 43.5 Å². The van der Waals surface area contributed by atoms with Crippen LogP contribution in [0.3, 0.4) is 0 Å². The fraction of sp³-hybridized carbons (Fsp3) is 0.409. The fourth-order valence-corrected chi connectivity index (χ4v) is 6.21. The molecule has 0 spiro atoms. The number of nitrogens with zero attached hydrogens (tertiary/aromatic N) is 1. The van der Waals surface area contributed by atoms with Crippen molar-refractivity contribution in [2.75, 3.05) is 31.0 Å². The van der Waals surface area contributed by atoms with E-state index in [9.17, 15) is 21.6 Å². The van der Waals surface area contributed by atoms with E-state index in [1.807, 2.05) is 0 Å². The summed E-state index contributed by atoms with van der Waals surface area (Å²) in [5, 5.41) is 0. The lowest BCUT2D eigenvalue weighted by Gasteiger charge is -2.27. The lowest BCUT2D eigenvalue weighted by molar-refractivity contribution is 0.0526. The van der Waals surface area contributed by atoms with Gasteiger partial charge in [0.1, 0.15) is 10.6 Å². The number of piperidine rings is 1. The maximum atomic E-state index is 13.3. The van der Waals surface area contributed by atoms with Gasteiger partial charge in [-0.1, -0.05) is 6.42 Å². The average molecular weight is 497 g/mol. The van der Waals surface area contributed by atoms with E-state index in [2.05, 4.69) is 4.72 Å². The van der Waals surface area contributed by atoms with Crippen LogP contribution < -0.4 is 9.46 Å². The Bertz CT molecular complexity index is 1190. The summed E-state index contributed by atoms with van der Waals surface area (Å²) in [6.07, 6.45) is 2.52. The van der Waals surface area contributed by atoms with Crippen molar-refractivity contribution < 1.29 is 31.1 Å². The lowest BCUT2D eigenvalue weighted by Crippen LogP contribution is -2.35. The zero-order valence-electron chi connectivity index (χ0n) is 18.6. The average Bonchev–Trinajstić information content (AvgIpc) is 2.81. The minimum atomic E-state index is -4.03. The molecular weight excluding hydrogens is 468 g/mol. The second-order valence-corrected chi connectivity index (χ2v) is 11.0. The number of hydrogen-bond donors (Lipinski definition) is 1. The standard InChI is InChI=1S/C22H28N2O7S2/c1-3-30-20-13-10-18(16-21(20)33(28,29)24-14-6-5-7-15-24)23-32(26,27)19-11-8-17(9-12-19)22(25)31-4-2/h8-13,16,23H,3-7,14-15H2,1-2H3. The maximum Gasteiger partial charge on any atom is 0.338 e. The molecule has 0 aromatic heterocycles. The van der Waals surface area contributed by atoms with Gasteiger partial charge in [-0.3, -0.25) is 4.72 Å². The highest BCUT2D eigenvalue weighted by Gasteiger charge is 2.30. The first kappa shape index (κ1) is 25.0. The Morgan fingerprint density at radius 3 is 2.21 bits per heavy atom. The molecule has 2 aromatic rings. The molecule has 33 heavy (non-hydrogen) atoms. The fourth-order valence-electron chi connectivity index (χ4n) is 3.49. The molecule has 1 N–H and O–H groups in total.